The third-order valence-corrected chi connectivity index (χ3v) is 2.34. The molecule has 92 valence electrons. The molecule has 1 rings (SSSR count). The quantitative estimate of drug-likeness (QED) is 0.766. The summed E-state index contributed by atoms with van der Waals surface area (Å²) in [6.07, 6.45) is 3.52. The van der Waals surface area contributed by atoms with Gasteiger partial charge in [-0.25, -0.2) is 4.39 Å². The molecule has 2 N–H and O–H groups in total. The zero-order valence-electron chi connectivity index (χ0n) is 9.69. The van der Waals surface area contributed by atoms with Crippen molar-refractivity contribution in [1.82, 2.24) is 5.32 Å². The van der Waals surface area contributed by atoms with Crippen molar-refractivity contribution in [2.75, 3.05) is 6.61 Å². The SMILES string of the molecule is CC[C@@H](CO)NC(=O)/C=C/c1cccc(F)c1. The highest BCUT2D eigenvalue weighted by atomic mass is 19.1. The first-order valence-corrected chi connectivity index (χ1v) is 5.50. The third-order valence-electron chi connectivity index (χ3n) is 2.34. The number of hydrogen-bond acceptors (Lipinski definition) is 2. The smallest absolute Gasteiger partial charge is 0.244 e. The van der Waals surface area contributed by atoms with Gasteiger partial charge in [-0.1, -0.05) is 19.1 Å². The Kier molecular flexibility index (Phi) is 5.36. The van der Waals surface area contributed by atoms with Gasteiger partial charge in [0.2, 0.25) is 5.91 Å². The van der Waals surface area contributed by atoms with Crippen LogP contribution in [0.4, 0.5) is 4.39 Å². The van der Waals surface area contributed by atoms with Crippen molar-refractivity contribution in [2.24, 2.45) is 0 Å². The first kappa shape index (κ1) is 13.4. The molecule has 0 radical (unpaired) electrons. The van der Waals surface area contributed by atoms with Crippen LogP contribution in [0.2, 0.25) is 0 Å². The molecular formula is C13H16FNO2. The molecule has 0 aliphatic carbocycles. The average Bonchev–Trinajstić information content (AvgIpc) is 2.33. The number of amides is 1. The summed E-state index contributed by atoms with van der Waals surface area (Å²) in [6.45, 7) is 1.79. The fraction of sp³-hybridized carbons (Fsp3) is 0.308. The van der Waals surface area contributed by atoms with E-state index in [1.54, 1.807) is 12.1 Å². The maximum atomic E-state index is 12.8. The van der Waals surface area contributed by atoms with E-state index in [2.05, 4.69) is 5.32 Å². The van der Waals surface area contributed by atoms with Gasteiger partial charge < -0.3 is 10.4 Å². The summed E-state index contributed by atoms with van der Waals surface area (Å²) < 4.78 is 12.8. The Morgan fingerprint density at radius 2 is 2.35 bits per heavy atom. The number of aliphatic hydroxyl groups excluding tert-OH is 1. The fourth-order valence-corrected chi connectivity index (χ4v) is 1.31. The second-order valence-corrected chi connectivity index (χ2v) is 3.68. The van der Waals surface area contributed by atoms with Gasteiger partial charge in [0.05, 0.1) is 12.6 Å². The van der Waals surface area contributed by atoms with Gasteiger partial charge in [-0.3, -0.25) is 4.79 Å². The van der Waals surface area contributed by atoms with Gasteiger partial charge in [-0.15, -0.1) is 0 Å². The summed E-state index contributed by atoms with van der Waals surface area (Å²) in [5.41, 5.74) is 0.622. The number of hydrogen-bond donors (Lipinski definition) is 2. The van der Waals surface area contributed by atoms with Gasteiger partial charge in [-0.05, 0) is 30.2 Å². The third kappa shape index (κ3) is 4.78. The van der Waals surface area contributed by atoms with E-state index in [0.717, 1.165) is 0 Å². The van der Waals surface area contributed by atoms with E-state index in [1.807, 2.05) is 6.92 Å². The Labute approximate surface area is 100.0 Å². The lowest BCUT2D eigenvalue weighted by Crippen LogP contribution is -2.35. The van der Waals surface area contributed by atoms with Crippen LogP contribution in [-0.4, -0.2) is 23.7 Å². The first-order valence-electron chi connectivity index (χ1n) is 5.50. The highest BCUT2D eigenvalue weighted by Crippen LogP contribution is 2.05. The molecule has 0 heterocycles. The van der Waals surface area contributed by atoms with Gasteiger partial charge in [0.1, 0.15) is 5.82 Å². The molecule has 0 fully saturated rings. The molecule has 17 heavy (non-hydrogen) atoms. The zero-order chi connectivity index (χ0) is 12.7. The normalized spacial score (nSPS) is 12.6. The summed E-state index contributed by atoms with van der Waals surface area (Å²) in [4.78, 5) is 11.4. The molecule has 0 saturated heterocycles. The number of nitrogens with one attached hydrogen (secondary N) is 1. The highest BCUT2D eigenvalue weighted by molar-refractivity contribution is 5.91. The van der Waals surface area contributed by atoms with E-state index in [4.69, 9.17) is 5.11 Å². The van der Waals surface area contributed by atoms with Crippen LogP contribution in [0.5, 0.6) is 0 Å². The van der Waals surface area contributed by atoms with E-state index in [9.17, 15) is 9.18 Å². The topological polar surface area (TPSA) is 49.3 Å². The van der Waals surface area contributed by atoms with Crippen molar-refractivity contribution >= 4 is 12.0 Å². The van der Waals surface area contributed by atoms with E-state index >= 15 is 0 Å². The van der Waals surface area contributed by atoms with Crippen molar-refractivity contribution in [3.8, 4) is 0 Å². The number of benzene rings is 1. The van der Waals surface area contributed by atoms with Crippen LogP contribution in [0.1, 0.15) is 18.9 Å². The lowest BCUT2D eigenvalue weighted by atomic mass is 10.2. The van der Waals surface area contributed by atoms with Crippen molar-refractivity contribution in [2.45, 2.75) is 19.4 Å². The van der Waals surface area contributed by atoms with Crippen LogP contribution in [0.3, 0.4) is 0 Å². The Bertz CT molecular complexity index is 400. The Morgan fingerprint density at radius 3 is 2.94 bits per heavy atom. The van der Waals surface area contributed by atoms with Gasteiger partial charge in [-0.2, -0.15) is 0 Å². The lowest BCUT2D eigenvalue weighted by Gasteiger charge is -2.11. The van der Waals surface area contributed by atoms with E-state index in [1.165, 1.54) is 24.3 Å². The first-order chi connectivity index (χ1) is 8.15. The molecule has 4 heteroatoms. The Hall–Kier alpha value is -1.68. The summed E-state index contributed by atoms with van der Waals surface area (Å²) in [6, 6.07) is 5.73. The van der Waals surface area contributed by atoms with Crippen LogP contribution in [-0.2, 0) is 4.79 Å². The van der Waals surface area contributed by atoms with Crippen molar-refractivity contribution in [3.05, 3.63) is 41.7 Å². The van der Waals surface area contributed by atoms with Gasteiger partial charge in [0, 0.05) is 6.08 Å². The molecule has 0 bridgehead atoms. The second-order valence-electron chi connectivity index (χ2n) is 3.68. The van der Waals surface area contributed by atoms with E-state index < -0.39 is 0 Å². The fourth-order valence-electron chi connectivity index (χ4n) is 1.31. The molecular weight excluding hydrogens is 221 g/mol. The van der Waals surface area contributed by atoms with Crippen LogP contribution in [0.25, 0.3) is 6.08 Å². The minimum atomic E-state index is -0.339. The van der Waals surface area contributed by atoms with Crippen molar-refractivity contribution in [3.63, 3.8) is 0 Å². The average molecular weight is 237 g/mol. The van der Waals surface area contributed by atoms with Crippen LogP contribution >= 0.6 is 0 Å². The molecule has 1 aromatic carbocycles. The van der Waals surface area contributed by atoms with Crippen molar-refractivity contribution < 1.29 is 14.3 Å². The molecule has 1 amide bonds. The molecule has 3 nitrogen and oxygen atoms in total. The Morgan fingerprint density at radius 1 is 1.59 bits per heavy atom. The molecule has 0 saturated carbocycles. The molecule has 0 aromatic heterocycles. The number of carbonyl (C=O) groups is 1. The van der Waals surface area contributed by atoms with Crippen LogP contribution in [0.15, 0.2) is 30.3 Å². The Balaban J connectivity index is 2.56. The minimum absolute atomic E-state index is 0.0873. The number of halogens is 1. The lowest BCUT2D eigenvalue weighted by molar-refractivity contribution is -0.117. The maximum absolute atomic E-state index is 12.8. The molecule has 0 aliphatic rings. The van der Waals surface area contributed by atoms with E-state index in [-0.39, 0.29) is 24.4 Å². The van der Waals surface area contributed by atoms with Gasteiger partial charge in [0.25, 0.3) is 0 Å². The largest absolute Gasteiger partial charge is 0.394 e. The number of rotatable bonds is 5. The maximum Gasteiger partial charge on any atom is 0.244 e. The number of aliphatic hydroxyl groups is 1. The number of carbonyl (C=O) groups excluding carboxylic acids is 1. The zero-order valence-corrected chi connectivity index (χ0v) is 9.69. The monoisotopic (exact) mass is 237 g/mol. The predicted octanol–water partition coefficient (Wildman–Crippen LogP) is 1.73. The van der Waals surface area contributed by atoms with Crippen molar-refractivity contribution in [1.29, 1.82) is 0 Å². The van der Waals surface area contributed by atoms with Gasteiger partial charge >= 0.3 is 0 Å². The van der Waals surface area contributed by atoms with Crippen LogP contribution in [0, 0.1) is 5.82 Å². The minimum Gasteiger partial charge on any atom is -0.394 e. The van der Waals surface area contributed by atoms with Gasteiger partial charge in [0.15, 0.2) is 0 Å². The second kappa shape index (κ2) is 6.81. The molecule has 0 aliphatic heterocycles. The highest BCUT2D eigenvalue weighted by Gasteiger charge is 2.05. The molecule has 1 aromatic rings. The summed E-state index contributed by atoms with van der Waals surface area (Å²) in [5.74, 6) is -0.635. The molecule has 0 unspecified atom stereocenters. The standard InChI is InChI=1S/C13H16FNO2/c1-2-12(9-16)15-13(17)7-6-10-4-3-5-11(14)8-10/h3-8,12,16H,2,9H2,1H3,(H,15,17)/b7-6+/t12-/m0/s1. The summed E-state index contributed by atoms with van der Waals surface area (Å²) in [5, 5.41) is 11.5. The summed E-state index contributed by atoms with van der Waals surface area (Å²) >= 11 is 0. The molecule has 1 atom stereocenters. The van der Waals surface area contributed by atoms with Crippen LogP contribution < -0.4 is 5.32 Å². The predicted molar refractivity (Wildman–Crippen MR) is 64.7 cm³/mol. The van der Waals surface area contributed by atoms with E-state index in [0.29, 0.717) is 12.0 Å². The molecule has 0 spiro atoms. The summed E-state index contributed by atoms with van der Waals surface area (Å²) in [7, 11) is 0.